The SMILES string of the molecule is Cc1nc(SCC(=O)Nc2ccccc2C(=O)Nc2ccc(Cl)cc2)n[nH]1. The van der Waals surface area contributed by atoms with Crippen LogP contribution in [0.2, 0.25) is 5.02 Å². The van der Waals surface area contributed by atoms with E-state index in [2.05, 4.69) is 25.8 Å². The summed E-state index contributed by atoms with van der Waals surface area (Å²) in [6, 6.07) is 13.6. The second-order valence-corrected chi connectivity index (χ2v) is 6.93. The minimum Gasteiger partial charge on any atom is -0.325 e. The number of halogens is 1. The lowest BCUT2D eigenvalue weighted by Gasteiger charge is -2.11. The van der Waals surface area contributed by atoms with Gasteiger partial charge in [-0.25, -0.2) is 4.98 Å². The van der Waals surface area contributed by atoms with E-state index in [0.29, 0.717) is 32.9 Å². The number of para-hydroxylation sites is 1. The average molecular weight is 402 g/mol. The number of nitrogens with one attached hydrogen (secondary N) is 3. The van der Waals surface area contributed by atoms with Crippen LogP contribution in [-0.4, -0.2) is 32.7 Å². The minimum atomic E-state index is -0.328. The lowest BCUT2D eigenvalue weighted by atomic mass is 10.1. The van der Waals surface area contributed by atoms with Crippen LogP contribution < -0.4 is 10.6 Å². The van der Waals surface area contributed by atoms with Crippen molar-refractivity contribution in [2.45, 2.75) is 12.1 Å². The monoisotopic (exact) mass is 401 g/mol. The lowest BCUT2D eigenvalue weighted by Crippen LogP contribution is -2.19. The molecule has 3 N–H and O–H groups in total. The van der Waals surface area contributed by atoms with E-state index in [4.69, 9.17) is 11.6 Å². The van der Waals surface area contributed by atoms with E-state index in [9.17, 15) is 9.59 Å². The molecule has 3 aromatic rings. The van der Waals surface area contributed by atoms with Crippen molar-refractivity contribution in [1.82, 2.24) is 15.2 Å². The Morgan fingerprint density at radius 2 is 1.85 bits per heavy atom. The highest BCUT2D eigenvalue weighted by Crippen LogP contribution is 2.20. The summed E-state index contributed by atoms with van der Waals surface area (Å²) < 4.78 is 0. The van der Waals surface area contributed by atoms with Crippen LogP contribution in [0.5, 0.6) is 0 Å². The first-order chi connectivity index (χ1) is 13.0. The molecule has 0 aliphatic carbocycles. The molecule has 138 valence electrons. The van der Waals surface area contributed by atoms with Gasteiger partial charge in [0.1, 0.15) is 5.82 Å². The van der Waals surface area contributed by atoms with Crippen molar-refractivity contribution in [2.24, 2.45) is 0 Å². The molecule has 0 atom stereocenters. The zero-order chi connectivity index (χ0) is 19.2. The van der Waals surface area contributed by atoms with Gasteiger partial charge in [-0.2, -0.15) is 0 Å². The maximum Gasteiger partial charge on any atom is 0.257 e. The molecule has 9 heteroatoms. The number of aromatic amines is 1. The Bertz CT molecular complexity index is 958. The number of benzene rings is 2. The number of aromatic nitrogens is 3. The van der Waals surface area contributed by atoms with E-state index in [-0.39, 0.29) is 17.6 Å². The molecule has 2 amide bonds. The van der Waals surface area contributed by atoms with Gasteiger partial charge < -0.3 is 10.6 Å². The highest BCUT2D eigenvalue weighted by molar-refractivity contribution is 7.99. The van der Waals surface area contributed by atoms with Gasteiger partial charge in [-0.15, -0.1) is 5.10 Å². The van der Waals surface area contributed by atoms with Gasteiger partial charge in [-0.1, -0.05) is 35.5 Å². The normalized spacial score (nSPS) is 10.4. The topological polar surface area (TPSA) is 99.8 Å². The maximum atomic E-state index is 12.6. The lowest BCUT2D eigenvalue weighted by molar-refractivity contribution is -0.113. The van der Waals surface area contributed by atoms with Crippen LogP contribution in [0.15, 0.2) is 53.7 Å². The first-order valence-corrected chi connectivity index (χ1v) is 9.35. The van der Waals surface area contributed by atoms with Crippen LogP contribution in [-0.2, 0) is 4.79 Å². The molecule has 0 aliphatic heterocycles. The van der Waals surface area contributed by atoms with Crippen LogP contribution >= 0.6 is 23.4 Å². The smallest absolute Gasteiger partial charge is 0.257 e. The molecule has 0 spiro atoms. The number of rotatable bonds is 6. The van der Waals surface area contributed by atoms with E-state index >= 15 is 0 Å². The average Bonchev–Trinajstić information content (AvgIpc) is 3.08. The molecule has 3 rings (SSSR count). The van der Waals surface area contributed by atoms with Gasteiger partial charge in [-0.05, 0) is 43.3 Å². The number of hydrogen-bond acceptors (Lipinski definition) is 5. The summed E-state index contributed by atoms with van der Waals surface area (Å²) in [5, 5.41) is 13.3. The van der Waals surface area contributed by atoms with Gasteiger partial charge in [0.25, 0.3) is 5.91 Å². The Morgan fingerprint density at radius 3 is 2.56 bits per heavy atom. The molecule has 0 aliphatic rings. The predicted molar refractivity (Wildman–Crippen MR) is 106 cm³/mol. The number of carbonyl (C=O) groups excluding carboxylic acids is 2. The van der Waals surface area contributed by atoms with E-state index in [1.807, 2.05) is 0 Å². The number of H-pyrrole nitrogens is 1. The van der Waals surface area contributed by atoms with Crippen molar-refractivity contribution < 1.29 is 9.59 Å². The fourth-order valence-corrected chi connectivity index (χ4v) is 2.99. The van der Waals surface area contributed by atoms with E-state index < -0.39 is 0 Å². The summed E-state index contributed by atoms with van der Waals surface area (Å²) in [4.78, 5) is 28.9. The van der Waals surface area contributed by atoms with Gasteiger partial charge >= 0.3 is 0 Å². The van der Waals surface area contributed by atoms with Crippen molar-refractivity contribution in [2.75, 3.05) is 16.4 Å². The van der Waals surface area contributed by atoms with Crippen molar-refractivity contribution in [1.29, 1.82) is 0 Å². The molecule has 0 unspecified atom stereocenters. The van der Waals surface area contributed by atoms with Crippen molar-refractivity contribution in [3.8, 4) is 0 Å². The van der Waals surface area contributed by atoms with Crippen LogP contribution in [0, 0.1) is 6.92 Å². The highest BCUT2D eigenvalue weighted by atomic mass is 35.5. The molecule has 1 aromatic heterocycles. The molecular weight excluding hydrogens is 386 g/mol. The standard InChI is InChI=1S/C18H16ClN5O2S/c1-11-20-18(24-23-11)27-10-16(25)22-15-5-3-2-4-14(15)17(26)21-13-8-6-12(19)7-9-13/h2-9H,10H2,1H3,(H,21,26)(H,22,25)(H,20,23,24). The number of amides is 2. The molecule has 27 heavy (non-hydrogen) atoms. The molecule has 0 bridgehead atoms. The number of thioether (sulfide) groups is 1. The quantitative estimate of drug-likeness (QED) is 0.546. The second-order valence-electron chi connectivity index (χ2n) is 5.55. The largest absolute Gasteiger partial charge is 0.325 e. The molecule has 1 heterocycles. The van der Waals surface area contributed by atoms with Crippen molar-refractivity contribution in [3.63, 3.8) is 0 Å². The van der Waals surface area contributed by atoms with Crippen LogP contribution in [0.1, 0.15) is 16.2 Å². The van der Waals surface area contributed by atoms with Crippen molar-refractivity contribution >= 4 is 46.6 Å². The van der Waals surface area contributed by atoms with Gasteiger partial charge in [0.15, 0.2) is 0 Å². The van der Waals surface area contributed by atoms with E-state index in [1.54, 1.807) is 55.5 Å². The van der Waals surface area contributed by atoms with E-state index in [0.717, 1.165) is 0 Å². The highest BCUT2D eigenvalue weighted by Gasteiger charge is 2.14. The molecule has 2 aromatic carbocycles. The third-order valence-corrected chi connectivity index (χ3v) is 4.56. The predicted octanol–water partition coefficient (Wildman–Crippen LogP) is 3.75. The van der Waals surface area contributed by atoms with Gasteiger partial charge in [-0.3, -0.25) is 14.7 Å². The van der Waals surface area contributed by atoms with Gasteiger partial charge in [0, 0.05) is 10.7 Å². The third-order valence-electron chi connectivity index (χ3n) is 3.46. The Morgan fingerprint density at radius 1 is 1.11 bits per heavy atom. The second kappa shape index (κ2) is 8.70. The molecule has 0 saturated heterocycles. The maximum absolute atomic E-state index is 12.6. The molecule has 0 fully saturated rings. The number of carbonyl (C=O) groups is 2. The Kier molecular flexibility index (Phi) is 6.10. The van der Waals surface area contributed by atoms with E-state index in [1.165, 1.54) is 11.8 Å². The summed E-state index contributed by atoms with van der Waals surface area (Å²) in [6.45, 7) is 1.78. The zero-order valence-electron chi connectivity index (χ0n) is 14.3. The Balaban J connectivity index is 1.64. The number of hydrogen-bond donors (Lipinski definition) is 3. The molecular formula is C18H16ClN5O2S. The number of aryl methyl sites for hydroxylation is 1. The first-order valence-electron chi connectivity index (χ1n) is 7.99. The zero-order valence-corrected chi connectivity index (χ0v) is 15.9. The number of anilines is 2. The van der Waals surface area contributed by atoms with Gasteiger partial charge in [0.05, 0.1) is 17.0 Å². The molecule has 0 saturated carbocycles. The first kappa shape index (κ1) is 18.9. The van der Waals surface area contributed by atoms with Gasteiger partial charge in [0.2, 0.25) is 11.1 Å². The molecule has 7 nitrogen and oxygen atoms in total. The summed E-state index contributed by atoms with van der Waals surface area (Å²) in [7, 11) is 0. The van der Waals surface area contributed by atoms with Crippen LogP contribution in [0.25, 0.3) is 0 Å². The summed E-state index contributed by atoms with van der Waals surface area (Å²) in [5.74, 6) is 0.228. The summed E-state index contributed by atoms with van der Waals surface area (Å²) in [6.07, 6.45) is 0. The Hall–Kier alpha value is -2.84. The summed E-state index contributed by atoms with van der Waals surface area (Å²) in [5.41, 5.74) is 1.40. The fraction of sp³-hybridized carbons (Fsp3) is 0.111. The third kappa shape index (κ3) is 5.32. The fourth-order valence-electron chi connectivity index (χ4n) is 2.22. The minimum absolute atomic E-state index is 0.129. The van der Waals surface area contributed by atoms with Crippen LogP contribution in [0.4, 0.5) is 11.4 Å². The summed E-state index contributed by atoms with van der Waals surface area (Å²) >= 11 is 7.06. The van der Waals surface area contributed by atoms with Crippen molar-refractivity contribution in [3.05, 3.63) is 64.9 Å². The Labute approximate surface area is 164 Å². The van der Waals surface area contributed by atoms with Crippen LogP contribution in [0.3, 0.4) is 0 Å². The molecule has 0 radical (unpaired) electrons. The number of nitrogens with zero attached hydrogens (tertiary/aromatic N) is 2.